The fraction of sp³-hybridized carbons (Fsp3) is 0.0857. The van der Waals surface area contributed by atoms with Crippen LogP contribution in [0.1, 0.15) is 11.9 Å². The molecule has 0 saturated carbocycles. The van der Waals surface area contributed by atoms with Crippen LogP contribution in [0.15, 0.2) is 133 Å². The number of hydrogen-bond donors (Lipinski definition) is 0. The smallest absolute Gasteiger partial charge is 0.184 e. The summed E-state index contributed by atoms with van der Waals surface area (Å²) in [6.07, 6.45) is -0.259. The second kappa shape index (κ2) is 10.5. The van der Waals surface area contributed by atoms with Gasteiger partial charge in [0.15, 0.2) is 6.29 Å². The van der Waals surface area contributed by atoms with Crippen molar-refractivity contribution in [3.05, 3.63) is 139 Å². The average molecular weight is 526 g/mol. The molecular formula is C35H27NO2S. The maximum absolute atomic E-state index is 5.70. The molecule has 1 saturated heterocycles. The Morgan fingerprint density at radius 1 is 0.538 bits per heavy atom. The Balaban J connectivity index is 1.30. The number of fused-ring (bicyclic) bond motifs is 1. The Morgan fingerprint density at radius 2 is 1.08 bits per heavy atom. The Hall–Kier alpha value is -4.22. The second-order valence-electron chi connectivity index (χ2n) is 9.55. The number of ether oxygens (including phenoxy) is 2. The van der Waals surface area contributed by atoms with Crippen LogP contribution in [-0.4, -0.2) is 13.2 Å². The van der Waals surface area contributed by atoms with Crippen molar-refractivity contribution < 1.29 is 9.47 Å². The molecule has 0 unspecified atom stereocenters. The molecule has 0 atom stereocenters. The molecule has 1 aliphatic heterocycles. The lowest BCUT2D eigenvalue weighted by atomic mass is 9.98. The predicted molar refractivity (Wildman–Crippen MR) is 162 cm³/mol. The van der Waals surface area contributed by atoms with E-state index in [1.807, 2.05) is 11.3 Å². The van der Waals surface area contributed by atoms with Crippen LogP contribution in [0.3, 0.4) is 0 Å². The van der Waals surface area contributed by atoms with E-state index in [0.29, 0.717) is 13.2 Å². The fourth-order valence-electron chi connectivity index (χ4n) is 5.26. The third kappa shape index (κ3) is 4.64. The van der Waals surface area contributed by atoms with Crippen LogP contribution < -0.4 is 4.90 Å². The fourth-order valence-corrected chi connectivity index (χ4v) is 6.49. The molecule has 7 rings (SSSR count). The maximum atomic E-state index is 5.70. The minimum absolute atomic E-state index is 0.259. The molecule has 1 fully saturated rings. The number of nitrogens with zero attached hydrogens (tertiary/aromatic N) is 1. The highest BCUT2D eigenvalue weighted by atomic mass is 32.1. The molecule has 4 heteroatoms. The van der Waals surface area contributed by atoms with E-state index in [4.69, 9.17) is 9.47 Å². The SMILES string of the molecule is c1ccc(N(c2ccccc2)c2ccc(-c3c(-c4ccc(C5OCCO5)cc4)sc4ccccc34)cc2)cc1. The molecule has 5 aromatic carbocycles. The standard InChI is InChI=1S/C35H27NO2S/c1-3-9-28(10-4-1)36(29-11-5-2-6-12-29)30-21-19-25(20-22-30)33-31-13-7-8-14-32(31)39-34(33)26-15-17-27(18-16-26)35-37-23-24-38-35/h1-22,35H,23-24H2. The summed E-state index contributed by atoms with van der Waals surface area (Å²) in [5, 5.41) is 1.28. The van der Waals surface area contributed by atoms with E-state index in [9.17, 15) is 0 Å². The van der Waals surface area contributed by atoms with Gasteiger partial charge in [-0.15, -0.1) is 11.3 Å². The van der Waals surface area contributed by atoms with Crippen LogP contribution in [0.2, 0.25) is 0 Å². The van der Waals surface area contributed by atoms with Gasteiger partial charge in [0.2, 0.25) is 0 Å². The molecule has 6 aromatic rings. The van der Waals surface area contributed by atoms with Crippen LogP contribution in [-0.2, 0) is 9.47 Å². The predicted octanol–water partition coefficient (Wildman–Crippen LogP) is 9.75. The highest BCUT2D eigenvalue weighted by molar-refractivity contribution is 7.23. The summed E-state index contributed by atoms with van der Waals surface area (Å²) in [6.45, 7) is 1.30. The number of benzene rings is 5. The third-order valence-corrected chi connectivity index (χ3v) is 8.33. The van der Waals surface area contributed by atoms with Gasteiger partial charge >= 0.3 is 0 Å². The summed E-state index contributed by atoms with van der Waals surface area (Å²) < 4.78 is 12.7. The summed E-state index contributed by atoms with van der Waals surface area (Å²) in [5.74, 6) is 0. The molecule has 0 spiro atoms. The van der Waals surface area contributed by atoms with Crippen LogP contribution in [0.5, 0.6) is 0 Å². The molecule has 0 N–H and O–H groups in total. The van der Waals surface area contributed by atoms with Gasteiger partial charge in [0.1, 0.15) is 0 Å². The van der Waals surface area contributed by atoms with Crippen molar-refractivity contribution in [3.8, 4) is 21.6 Å². The quantitative estimate of drug-likeness (QED) is 0.216. The molecule has 2 heterocycles. The highest BCUT2D eigenvalue weighted by Crippen LogP contribution is 2.46. The molecule has 39 heavy (non-hydrogen) atoms. The van der Waals surface area contributed by atoms with Crippen molar-refractivity contribution in [2.24, 2.45) is 0 Å². The molecule has 0 radical (unpaired) electrons. The Bertz CT molecular complexity index is 1650. The summed E-state index contributed by atoms with van der Waals surface area (Å²) in [5.41, 5.74) is 8.13. The first-order chi connectivity index (χ1) is 19.3. The van der Waals surface area contributed by atoms with Crippen LogP contribution in [0.25, 0.3) is 31.7 Å². The van der Waals surface area contributed by atoms with E-state index >= 15 is 0 Å². The average Bonchev–Trinajstić information content (AvgIpc) is 3.68. The van der Waals surface area contributed by atoms with Gasteiger partial charge in [-0.25, -0.2) is 0 Å². The maximum Gasteiger partial charge on any atom is 0.184 e. The zero-order valence-electron chi connectivity index (χ0n) is 21.4. The van der Waals surface area contributed by atoms with Gasteiger partial charge in [0.05, 0.1) is 13.2 Å². The van der Waals surface area contributed by atoms with Gasteiger partial charge in [0.25, 0.3) is 0 Å². The van der Waals surface area contributed by atoms with Gasteiger partial charge in [0, 0.05) is 43.2 Å². The summed E-state index contributed by atoms with van der Waals surface area (Å²) in [4.78, 5) is 3.56. The lowest BCUT2D eigenvalue weighted by Gasteiger charge is -2.25. The molecule has 1 aromatic heterocycles. The molecule has 0 aliphatic carbocycles. The second-order valence-corrected chi connectivity index (χ2v) is 10.6. The zero-order chi connectivity index (χ0) is 26.0. The van der Waals surface area contributed by atoms with Gasteiger partial charge in [-0.2, -0.15) is 0 Å². The highest BCUT2D eigenvalue weighted by Gasteiger charge is 2.20. The molecule has 3 nitrogen and oxygen atoms in total. The zero-order valence-corrected chi connectivity index (χ0v) is 22.2. The number of hydrogen-bond acceptors (Lipinski definition) is 4. The molecule has 1 aliphatic rings. The van der Waals surface area contributed by atoms with Gasteiger partial charge in [-0.05, 0) is 53.6 Å². The third-order valence-electron chi connectivity index (χ3n) is 7.11. The van der Waals surface area contributed by atoms with Gasteiger partial charge in [-0.3, -0.25) is 0 Å². The van der Waals surface area contributed by atoms with Crippen molar-refractivity contribution in [3.63, 3.8) is 0 Å². The Morgan fingerprint density at radius 3 is 1.72 bits per heavy atom. The minimum Gasteiger partial charge on any atom is -0.346 e. The Labute approximate surface area is 232 Å². The van der Waals surface area contributed by atoms with Crippen molar-refractivity contribution in [1.29, 1.82) is 0 Å². The van der Waals surface area contributed by atoms with Crippen LogP contribution in [0.4, 0.5) is 17.1 Å². The topological polar surface area (TPSA) is 21.7 Å². The van der Waals surface area contributed by atoms with Crippen molar-refractivity contribution in [2.75, 3.05) is 18.1 Å². The summed E-state index contributed by atoms with van der Waals surface area (Å²) in [7, 11) is 0. The van der Waals surface area contributed by atoms with E-state index in [-0.39, 0.29) is 6.29 Å². The Kier molecular flexibility index (Phi) is 6.43. The number of rotatable bonds is 6. The first kappa shape index (κ1) is 23.9. The largest absolute Gasteiger partial charge is 0.346 e. The van der Waals surface area contributed by atoms with Crippen molar-refractivity contribution in [2.45, 2.75) is 6.29 Å². The number of anilines is 3. The normalized spacial score (nSPS) is 13.6. The van der Waals surface area contributed by atoms with Gasteiger partial charge in [-0.1, -0.05) is 91.0 Å². The number of para-hydroxylation sites is 2. The summed E-state index contributed by atoms with van der Waals surface area (Å²) >= 11 is 1.84. The van der Waals surface area contributed by atoms with Gasteiger partial charge < -0.3 is 14.4 Å². The van der Waals surface area contributed by atoms with E-state index in [2.05, 4.69) is 138 Å². The van der Waals surface area contributed by atoms with Crippen molar-refractivity contribution >= 4 is 38.5 Å². The van der Waals surface area contributed by atoms with Crippen LogP contribution >= 0.6 is 11.3 Å². The number of thiophene rings is 1. The first-order valence-corrected chi connectivity index (χ1v) is 14.0. The molecule has 0 amide bonds. The van der Waals surface area contributed by atoms with E-state index in [1.54, 1.807) is 0 Å². The molecule has 190 valence electrons. The van der Waals surface area contributed by atoms with Crippen molar-refractivity contribution in [1.82, 2.24) is 0 Å². The lowest BCUT2D eigenvalue weighted by molar-refractivity contribution is -0.0441. The first-order valence-electron chi connectivity index (χ1n) is 13.2. The van der Waals surface area contributed by atoms with E-state index in [1.165, 1.54) is 31.7 Å². The minimum atomic E-state index is -0.259. The van der Waals surface area contributed by atoms with Crippen LogP contribution in [0, 0.1) is 0 Å². The molecular weight excluding hydrogens is 498 g/mol. The van der Waals surface area contributed by atoms with E-state index < -0.39 is 0 Å². The summed E-state index contributed by atoms with van der Waals surface area (Å²) in [6, 6.07) is 47.3. The molecule has 0 bridgehead atoms. The lowest BCUT2D eigenvalue weighted by Crippen LogP contribution is -2.09. The monoisotopic (exact) mass is 525 g/mol. The van der Waals surface area contributed by atoms with E-state index in [0.717, 1.165) is 22.6 Å².